The Hall–Kier alpha value is -0.240. The molecule has 6 nitrogen and oxygen atoms in total. The highest BCUT2D eigenvalue weighted by Gasteiger charge is 1.93. The molecule has 0 amide bonds. The van der Waals surface area contributed by atoms with Gasteiger partial charge in [-0.3, -0.25) is 0 Å². The van der Waals surface area contributed by atoms with Crippen molar-refractivity contribution in [1.29, 1.82) is 0 Å². The van der Waals surface area contributed by atoms with Crippen molar-refractivity contribution in [2.24, 2.45) is 0 Å². The third kappa shape index (κ3) is 17.7. The lowest BCUT2D eigenvalue weighted by Crippen LogP contribution is -2.15. The molecule has 0 aliphatic rings. The van der Waals surface area contributed by atoms with E-state index >= 15 is 0 Å². The molecular weight excluding hydrogens is 156 g/mol. The maximum atomic E-state index is 8.17. The van der Waals surface area contributed by atoms with E-state index < -0.39 is 6.10 Å². The van der Waals surface area contributed by atoms with Crippen LogP contribution in [0.1, 0.15) is 0 Å². The van der Waals surface area contributed by atoms with E-state index in [-0.39, 0.29) is 13.2 Å². The fourth-order valence-corrected chi connectivity index (χ4v) is 0.126. The van der Waals surface area contributed by atoms with Crippen molar-refractivity contribution in [2.45, 2.75) is 6.10 Å². The highest BCUT2D eigenvalue weighted by Crippen LogP contribution is 1.71. The van der Waals surface area contributed by atoms with E-state index in [0.717, 1.165) is 0 Å². The van der Waals surface area contributed by atoms with E-state index in [1.54, 1.807) is 0 Å². The highest BCUT2D eigenvalue weighted by molar-refractivity contribution is 4.43. The van der Waals surface area contributed by atoms with Gasteiger partial charge in [-0.05, 0) is 0 Å². The Morgan fingerprint density at radius 2 is 1.45 bits per heavy atom. The van der Waals surface area contributed by atoms with Crippen LogP contribution in [0.4, 0.5) is 0 Å². The van der Waals surface area contributed by atoms with E-state index in [2.05, 4.69) is 14.8 Å². The zero-order valence-corrected chi connectivity index (χ0v) is 6.56. The molecule has 0 atom stereocenters. The maximum Gasteiger partial charge on any atom is 0.100 e. The second kappa shape index (κ2) is 12.4. The van der Waals surface area contributed by atoms with Gasteiger partial charge in [0.05, 0.1) is 27.4 Å². The number of hydrogen-bond acceptors (Lipinski definition) is 6. The van der Waals surface area contributed by atoms with Crippen molar-refractivity contribution < 1.29 is 30.1 Å². The minimum absolute atomic E-state index is 0.365. The van der Waals surface area contributed by atoms with Gasteiger partial charge in [0.2, 0.25) is 0 Å². The van der Waals surface area contributed by atoms with E-state index in [9.17, 15) is 0 Å². The van der Waals surface area contributed by atoms with Gasteiger partial charge >= 0.3 is 0 Å². The average molecular weight is 170 g/mol. The zero-order chi connectivity index (χ0) is 9.11. The molecule has 0 spiro atoms. The van der Waals surface area contributed by atoms with Gasteiger partial charge in [-0.1, -0.05) is 5.04 Å². The van der Waals surface area contributed by atoms with Gasteiger partial charge in [0, 0.05) is 0 Å². The van der Waals surface area contributed by atoms with Crippen molar-refractivity contribution >= 4 is 0 Å². The minimum Gasteiger partial charge on any atom is -0.394 e. The monoisotopic (exact) mass is 170 g/mol. The molecule has 0 rings (SSSR count). The van der Waals surface area contributed by atoms with Crippen LogP contribution in [0.25, 0.3) is 0 Å². The van der Waals surface area contributed by atoms with Crippen LogP contribution in [0.15, 0.2) is 0 Å². The van der Waals surface area contributed by atoms with Crippen molar-refractivity contribution in [2.75, 3.05) is 27.4 Å². The van der Waals surface area contributed by atoms with Crippen LogP contribution in [-0.2, 0) is 14.8 Å². The second-order valence-corrected chi connectivity index (χ2v) is 1.42. The minimum atomic E-state index is -0.954. The molecule has 11 heavy (non-hydrogen) atoms. The molecule has 0 heterocycles. The third-order valence-electron chi connectivity index (χ3n) is 0.558. The lowest BCUT2D eigenvalue weighted by atomic mass is 10.4. The summed E-state index contributed by atoms with van der Waals surface area (Å²) >= 11 is 0. The fourth-order valence-electron chi connectivity index (χ4n) is 0.126. The number of aliphatic hydroxyl groups excluding tert-OH is 3. The lowest BCUT2D eigenvalue weighted by molar-refractivity contribution is -0.491. The fraction of sp³-hybridized carbons (Fsp3) is 1.00. The predicted molar refractivity (Wildman–Crippen MR) is 35.3 cm³/mol. The molecule has 0 aromatic heterocycles. The van der Waals surface area contributed by atoms with Crippen molar-refractivity contribution in [3.05, 3.63) is 0 Å². The first-order valence-electron chi connectivity index (χ1n) is 2.86. The molecule has 6 heteroatoms. The Bertz CT molecular complexity index is 52.9. The van der Waals surface area contributed by atoms with Crippen LogP contribution in [0, 0.1) is 0 Å². The van der Waals surface area contributed by atoms with Gasteiger partial charge < -0.3 is 15.3 Å². The van der Waals surface area contributed by atoms with E-state index in [4.69, 9.17) is 15.3 Å². The summed E-state index contributed by atoms with van der Waals surface area (Å²) in [5.41, 5.74) is 0. The number of aliphatic hydroxyl groups is 3. The molecule has 70 valence electrons. The van der Waals surface area contributed by atoms with Gasteiger partial charge in [0.25, 0.3) is 0 Å². The average Bonchev–Trinajstić information content (AvgIpc) is 2.06. The molecule has 0 radical (unpaired) electrons. The normalized spacial score (nSPS) is 9.27. The summed E-state index contributed by atoms with van der Waals surface area (Å²) in [7, 11) is 2.73. The first-order valence-corrected chi connectivity index (χ1v) is 2.86. The quantitative estimate of drug-likeness (QED) is 0.350. The molecule has 0 aliphatic carbocycles. The van der Waals surface area contributed by atoms with Gasteiger partial charge in [0.1, 0.15) is 6.10 Å². The molecule has 0 unspecified atom stereocenters. The predicted octanol–water partition coefficient (Wildman–Crippen LogP) is -1.54. The third-order valence-corrected chi connectivity index (χ3v) is 0.558. The van der Waals surface area contributed by atoms with E-state index in [1.807, 2.05) is 0 Å². The van der Waals surface area contributed by atoms with Gasteiger partial charge in [-0.25, -0.2) is 9.78 Å². The Morgan fingerprint density at radius 1 is 1.09 bits per heavy atom. The smallest absolute Gasteiger partial charge is 0.100 e. The standard InChI is InChI=1S/C3H8O3.C2H6O3/c4-1-3(6)2-5;1-3-5-4-2/h3-6H,1-2H2;1-2H3. The topological polar surface area (TPSA) is 88.4 Å². The Kier molecular flexibility index (Phi) is 15.1. The van der Waals surface area contributed by atoms with Crippen LogP contribution in [0.2, 0.25) is 0 Å². The first-order chi connectivity index (χ1) is 5.22. The van der Waals surface area contributed by atoms with Crippen LogP contribution in [0.5, 0.6) is 0 Å². The van der Waals surface area contributed by atoms with Crippen molar-refractivity contribution in [3.8, 4) is 0 Å². The first kappa shape index (κ1) is 13.4. The molecule has 0 bridgehead atoms. The molecule has 0 aromatic rings. The highest BCUT2D eigenvalue weighted by atomic mass is 17.5. The maximum absolute atomic E-state index is 8.17. The summed E-state index contributed by atoms with van der Waals surface area (Å²) in [6.07, 6.45) is -0.954. The van der Waals surface area contributed by atoms with Crippen LogP contribution in [0.3, 0.4) is 0 Å². The Labute approximate surface area is 64.8 Å². The summed E-state index contributed by atoms with van der Waals surface area (Å²) in [6.45, 7) is -0.729. The summed E-state index contributed by atoms with van der Waals surface area (Å²) in [5, 5.41) is 27.8. The zero-order valence-electron chi connectivity index (χ0n) is 6.56. The van der Waals surface area contributed by atoms with Gasteiger partial charge in [-0.2, -0.15) is 0 Å². The summed E-state index contributed by atoms with van der Waals surface area (Å²) in [5.74, 6) is 0. The summed E-state index contributed by atoms with van der Waals surface area (Å²) < 4.78 is 0. The van der Waals surface area contributed by atoms with Gasteiger partial charge in [-0.15, -0.1) is 0 Å². The summed E-state index contributed by atoms with van der Waals surface area (Å²) in [6, 6.07) is 0. The number of hydrogen-bond donors (Lipinski definition) is 3. The number of rotatable bonds is 4. The van der Waals surface area contributed by atoms with Gasteiger partial charge in [0.15, 0.2) is 0 Å². The molecule has 0 saturated carbocycles. The molecule has 0 saturated heterocycles. The molecule has 0 fully saturated rings. The SMILES string of the molecule is COOOC.OCC(O)CO. The molecule has 0 aromatic carbocycles. The largest absolute Gasteiger partial charge is 0.394 e. The Balaban J connectivity index is 0. The van der Waals surface area contributed by atoms with Crippen LogP contribution in [-0.4, -0.2) is 48.9 Å². The van der Waals surface area contributed by atoms with E-state index in [0.29, 0.717) is 0 Å². The lowest BCUT2D eigenvalue weighted by Gasteiger charge is -1.96. The Morgan fingerprint density at radius 3 is 1.45 bits per heavy atom. The van der Waals surface area contributed by atoms with Crippen LogP contribution >= 0.6 is 0 Å². The van der Waals surface area contributed by atoms with E-state index in [1.165, 1.54) is 14.2 Å². The molecular formula is C5H14O6. The van der Waals surface area contributed by atoms with Crippen molar-refractivity contribution in [1.82, 2.24) is 0 Å². The summed E-state index contributed by atoms with van der Waals surface area (Å²) in [4.78, 5) is 7.94. The van der Waals surface area contributed by atoms with Crippen LogP contribution < -0.4 is 0 Å². The second-order valence-electron chi connectivity index (χ2n) is 1.42. The molecule has 3 N–H and O–H groups in total. The van der Waals surface area contributed by atoms with Crippen molar-refractivity contribution in [3.63, 3.8) is 0 Å². The molecule has 0 aliphatic heterocycles.